The number of hydrogen-bond donors (Lipinski definition) is 1. The van der Waals surface area contributed by atoms with E-state index in [1.54, 1.807) is 45.0 Å². The molecule has 0 saturated heterocycles. The van der Waals surface area contributed by atoms with Crippen molar-refractivity contribution >= 4 is 21.7 Å². The van der Waals surface area contributed by atoms with Gasteiger partial charge in [0.15, 0.2) is 5.78 Å². The lowest BCUT2D eigenvalue weighted by Crippen LogP contribution is -2.44. The molecule has 1 amide bonds. The summed E-state index contributed by atoms with van der Waals surface area (Å²) in [6.45, 7) is 10.4. The van der Waals surface area contributed by atoms with Gasteiger partial charge in [-0.05, 0) is 42.3 Å². The summed E-state index contributed by atoms with van der Waals surface area (Å²) in [5.41, 5.74) is 4.28. The number of nitrogens with one attached hydrogen (secondary N) is 1. The molecule has 1 aliphatic rings. The van der Waals surface area contributed by atoms with Gasteiger partial charge >= 0.3 is 0 Å². The lowest BCUT2D eigenvalue weighted by atomic mass is 9.77. The Kier molecular flexibility index (Phi) is 6.36. The summed E-state index contributed by atoms with van der Waals surface area (Å²) in [4.78, 5) is 29.4. The Bertz CT molecular complexity index is 1410. The zero-order valence-corrected chi connectivity index (χ0v) is 21.6. The molecule has 0 bridgehead atoms. The van der Waals surface area contributed by atoms with Gasteiger partial charge in [0.1, 0.15) is 0 Å². The third kappa shape index (κ3) is 4.62. The van der Waals surface area contributed by atoms with Crippen molar-refractivity contribution in [3.8, 4) is 11.3 Å². The fraction of sp³-hybridized carbons (Fsp3) is 0.333. The highest BCUT2D eigenvalue weighted by Crippen LogP contribution is 2.37. The second kappa shape index (κ2) is 9.00. The minimum atomic E-state index is -3.88. The van der Waals surface area contributed by atoms with E-state index < -0.39 is 10.0 Å². The molecule has 2 aromatic carbocycles. The normalized spacial score (nSPS) is 14.9. The minimum absolute atomic E-state index is 0.0374. The van der Waals surface area contributed by atoms with Crippen LogP contribution in [0, 0.1) is 6.92 Å². The Hall–Kier alpha value is -3.39. The molecule has 35 heavy (non-hydrogen) atoms. The van der Waals surface area contributed by atoms with Crippen molar-refractivity contribution < 1.29 is 18.0 Å². The van der Waals surface area contributed by atoms with Gasteiger partial charge < -0.3 is 4.90 Å². The van der Waals surface area contributed by atoms with Crippen LogP contribution in [-0.4, -0.2) is 36.2 Å². The zero-order valence-electron chi connectivity index (χ0n) is 20.8. The largest absolute Gasteiger partial charge is 0.338 e. The van der Waals surface area contributed by atoms with Gasteiger partial charge in [0.2, 0.25) is 5.91 Å². The summed E-state index contributed by atoms with van der Waals surface area (Å²) < 4.78 is 27.8. The van der Waals surface area contributed by atoms with Gasteiger partial charge in [-0.15, -0.1) is 0 Å². The molecular formula is C27H31N3O4S. The topological polar surface area (TPSA) is 88.5 Å². The molecule has 3 aromatic rings. The third-order valence-corrected chi connectivity index (χ3v) is 7.98. The molecule has 0 aliphatic carbocycles. The van der Waals surface area contributed by atoms with Crippen LogP contribution >= 0.6 is 0 Å². The average molecular weight is 494 g/mol. The number of sulfonamides is 1. The zero-order chi connectivity index (χ0) is 25.5. The van der Waals surface area contributed by atoms with Gasteiger partial charge in [-0.3, -0.25) is 9.59 Å². The molecular weight excluding hydrogens is 462 g/mol. The van der Waals surface area contributed by atoms with Gasteiger partial charge in [0.05, 0.1) is 10.6 Å². The molecule has 0 atom stereocenters. The SMILES string of the molecule is CCC(=O)c1cc(-c2ccc3c(c2)C(C)(C)CN(C(C)=O)C3)n(NS(=O)(=O)c2ccccc2)c1C. The van der Waals surface area contributed by atoms with Crippen LogP contribution in [0.15, 0.2) is 59.5 Å². The molecule has 0 fully saturated rings. The number of rotatable bonds is 6. The molecule has 1 aromatic heterocycles. The highest BCUT2D eigenvalue weighted by atomic mass is 32.2. The lowest BCUT2D eigenvalue weighted by molar-refractivity contribution is -0.130. The summed E-state index contributed by atoms with van der Waals surface area (Å²) in [5.74, 6) is -0.0212. The van der Waals surface area contributed by atoms with Crippen molar-refractivity contribution in [2.24, 2.45) is 0 Å². The molecule has 184 valence electrons. The summed E-state index contributed by atoms with van der Waals surface area (Å²) >= 11 is 0. The van der Waals surface area contributed by atoms with Gasteiger partial charge in [-0.25, -0.2) is 9.51 Å². The number of nitrogens with zero attached hydrogens (tertiary/aromatic N) is 2. The first-order chi connectivity index (χ1) is 16.4. The highest BCUT2D eigenvalue weighted by Gasteiger charge is 2.33. The maximum absolute atomic E-state index is 13.2. The van der Waals surface area contributed by atoms with Crippen LogP contribution in [-0.2, 0) is 26.8 Å². The van der Waals surface area contributed by atoms with Crippen LogP contribution in [0.4, 0.5) is 0 Å². The molecule has 0 saturated carbocycles. The second-order valence-electron chi connectivity index (χ2n) is 9.68. The number of amides is 1. The van der Waals surface area contributed by atoms with Crippen LogP contribution in [0.2, 0.25) is 0 Å². The molecule has 1 N–H and O–H groups in total. The molecule has 0 spiro atoms. The number of hydrogen-bond acceptors (Lipinski definition) is 4. The van der Waals surface area contributed by atoms with Crippen molar-refractivity contribution in [2.75, 3.05) is 11.4 Å². The Labute approximate surface area is 206 Å². The van der Waals surface area contributed by atoms with E-state index in [4.69, 9.17) is 0 Å². The van der Waals surface area contributed by atoms with E-state index in [1.807, 2.05) is 17.0 Å². The lowest BCUT2D eigenvalue weighted by Gasteiger charge is -2.40. The molecule has 0 unspecified atom stereocenters. The molecule has 7 nitrogen and oxygen atoms in total. The van der Waals surface area contributed by atoms with Gasteiger partial charge in [-0.2, -0.15) is 8.42 Å². The summed E-state index contributed by atoms with van der Waals surface area (Å²) in [5, 5.41) is 0. The number of fused-ring (bicyclic) bond motifs is 1. The van der Waals surface area contributed by atoms with Crippen molar-refractivity contribution in [1.82, 2.24) is 9.58 Å². The fourth-order valence-electron chi connectivity index (χ4n) is 4.73. The van der Waals surface area contributed by atoms with Gasteiger partial charge in [0, 0.05) is 48.7 Å². The van der Waals surface area contributed by atoms with E-state index in [9.17, 15) is 18.0 Å². The first-order valence-corrected chi connectivity index (χ1v) is 13.2. The summed E-state index contributed by atoms with van der Waals surface area (Å²) in [6.07, 6.45) is 0.313. The first kappa shape index (κ1) is 24.7. The quantitative estimate of drug-likeness (QED) is 0.507. The number of Topliss-reactive ketones (excluding diaryl/α,β-unsaturated/α-hetero) is 1. The number of ketones is 1. The molecule has 2 heterocycles. The average Bonchev–Trinajstić information content (AvgIpc) is 3.14. The van der Waals surface area contributed by atoms with Crippen molar-refractivity contribution in [3.05, 3.63) is 77.0 Å². The Balaban J connectivity index is 1.85. The summed E-state index contributed by atoms with van der Waals surface area (Å²) in [7, 11) is -3.88. The predicted octanol–water partition coefficient (Wildman–Crippen LogP) is 4.63. The first-order valence-electron chi connectivity index (χ1n) is 11.7. The Morgan fingerprint density at radius 2 is 1.74 bits per heavy atom. The van der Waals surface area contributed by atoms with Crippen LogP contribution in [0.1, 0.15) is 61.3 Å². The van der Waals surface area contributed by atoms with E-state index in [1.165, 1.54) is 16.8 Å². The van der Waals surface area contributed by atoms with Crippen LogP contribution in [0.3, 0.4) is 0 Å². The standard InChI is InChI=1S/C27H31N3O4S/c1-6-26(32)23-15-25(30(18(23)2)28-35(33,34)22-10-8-7-9-11-22)20-12-13-21-16-29(19(3)31)17-27(4,5)24(21)14-20/h7-15,28H,6,16-17H2,1-5H3. The Morgan fingerprint density at radius 3 is 2.37 bits per heavy atom. The van der Waals surface area contributed by atoms with E-state index in [0.29, 0.717) is 36.5 Å². The van der Waals surface area contributed by atoms with Crippen molar-refractivity contribution in [2.45, 2.75) is 57.9 Å². The van der Waals surface area contributed by atoms with Crippen LogP contribution in [0.25, 0.3) is 11.3 Å². The summed E-state index contributed by atoms with van der Waals surface area (Å²) in [6, 6.07) is 15.9. The third-order valence-electron chi connectivity index (χ3n) is 6.66. The maximum atomic E-state index is 13.2. The van der Waals surface area contributed by atoms with E-state index >= 15 is 0 Å². The Morgan fingerprint density at radius 1 is 1.06 bits per heavy atom. The maximum Gasteiger partial charge on any atom is 0.275 e. The number of carbonyl (C=O) groups excluding carboxylic acids is 2. The number of aromatic nitrogens is 1. The van der Waals surface area contributed by atoms with Gasteiger partial charge in [0.25, 0.3) is 10.0 Å². The molecule has 0 radical (unpaired) electrons. The van der Waals surface area contributed by atoms with E-state index in [2.05, 4.69) is 24.7 Å². The van der Waals surface area contributed by atoms with E-state index in [0.717, 1.165) is 16.7 Å². The molecule has 1 aliphatic heterocycles. The smallest absolute Gasteiger partial charge is 0.275 e. The van der Waals surface area contributed by atoms with Crippen LogP contribution in [0.5, 0.6) is 0 Å². The molecule has 8 heteroatoms. The molecule has 4 rings (SSSR count). The van der Waals surface area contributed by atoms with Gasteiger partial charge in [-0.1, -0.05) is 51.1 Å². The second-order valence-corrected chi connectivity index (χ2v) is 11.3. The minimum Gasteiger partial charge on any atom is -0.338 e. The van der Waals surface area contributed by atoms with E-state index in [-0.39, 0.29) is 22.0 Å². The monoisotopic (exact) mass is 493 g/mol. The van der Waals surface area contributed by atoms with Crippen molar-refractivity contribution in [1.29, 1.82) is 0 Å². The van der Waals surface area contributed by atoms with Crippen LogP contribution < -0.4 is 4.83 Å². The van der Waals surface area contributed by atoms with Crippen molar-refractivity contribution in [3.63, 3.8) is 0 Å². The number of benzene rings is 2. The fourth-order valence-corrected chi connectivity index (χ4v) is 5.83. The number of carbonyl (C=O) groups is 2. The highest BCUT2D eigenvalue weighted by molar-refractivity contribution is 7.92. The predicted molar refractivity (Wildman–Crippen MR) is 136 cm³/mol.